The number of ether oxygens (including phenoxy) is 2. The summed E-state index contributed by atoms with van der Waals surface area (Å²) in [6.07, 6.45) is 3.11. The molecule has 2 aromatic carbocycles. The van der Waals surface area contributed by atoms with Gasteiger partial charge in [0.15, 0.2) is 11.5 Å². The molecule has 0 atom stereocenters. The minimum absolute atomic E-state index is 0.145. The Labute approximate surface area is 196 Å². The molecular formula is C27H33N3O3. The summed E-state index contributed by atoms with van der Waals surface area (Å²) in [5.74, 6) is 2.62. The average Bonchev–Trinajstić information content (AvgIpc) is 3.08. The van der Waals surface area contributed by atoms with Crippen LogP contribution in [0.4, 0.5) is 0 Å². The number of methoxy groups -OCH3 is 1. The summed E-state index contributed by atoms with van der Waals surface area (Å²) in [5.41, 5.74) is 2.66. The molecule has 0 bridgehead atoms. The number of carbonyl (C=O) groups excluding carboxylic acids is 1. The standard InChI is InChI=1S/C27H33N3O3/c1-19(2)17-29(26(31)21-11-10-12-21)18-23-20(3)28-30(22-13-6-5-7-14-22)27(23)33-25-16-9-8-15-24(25)32-4/h5-9,13-16,19,21H,10-12,17-18H2,1-4H3. The van der Waals surface area contributed by atoms with Crippen LogP contribution in [0.2, 0.25) is 0 Å². The maximum atomic E-state index is 13.3. The highest BCUT2D eigenvalue weighted by Crippen LogP contribution is 2.37. The molecule has 1 fully saturated rings. The number of para-hydroxylation sites is 3. The number of hydrogen-bond donors (Lipinski definition) is 0. The molecule has 1 heterocycles. The van der Waals surface area contributed by atoms with E-state index in [0.29, 0.717) is 36.4 Å². The van der Waals surface area contributed by atoms with Gasteiger partial charge in [-0.25, -0.2) is 4.68 Å². The third-order valence-corrected chi connectivity index (χ3v) is 6.11. The highest BCUT2D eigenvalue weighted by atomic mass is 16.5. The van der Waals surface area contributed by atoms with Crippen LogP contribution in [0.3, 0.4) is 0 Å². The van der Waals surface area contributed by atoms with Crippen molar-refractivity contribution >= 4 is 5.91 Å². The summed E-state index contributed by atoms with van der Waals surface area (Å²) in [5, 5.41) is 4.82. The van der Waals surface area contributed by atoms with Crippen LogP contribution >= 0.6 is 0 Å². The molecule has 0 N–H and O–H groups in total. The largest absolute Gasteiger partial charge is 0.493 e. The van der Waals surface area contributed by atoms with Crippen molar-refractivity contribution in [1.82, 2.24) is 14.7 Å². The van der Waals surface area contributed by atoms with Gasteiger partial charge in [-0.05, 0) is 49.9 Å². The molecule has 6 nitrogen and oxygen atoms in total. The molecule has 33 heavy (non-hydrogen) atoms. The van der Waals surface area contributed by atoms with Gasteiger partial charge in [0.05, 0.1) is 30.6 Å². The zero-order chi connectivity index (χ0) is 23.4. The van der Waals surface area contributed by atoms with Gasteiger partial charge in [-0.2, -0.15) is 5.10 Å². The number of aromatic nitrogens is 2. The SMILES string of the molecule is COc1ccccc1Oc1c(CN(CC(C)C)C(=O)C2CCC2)c(C)nn1-c1ccccc1. The van der Waals surface area contributed by atoms with Crippen molar-refractivity contribution in [2.45, 2.75) is 46.6 Å². The maximum absolute atomic E-state index is 13.3. The van der Waals surface area contributed by atoms with Crippen LogP contribution in [-0.4, -0.2) is 34.2 Å². The molecule has 3 aromatic rings. The van der Waals surface area contributed by atoms with Gasteiger partial charge in [0, 0.05) is 12.5 Å². The van der Waals surface area contributed by atoms with E-state index in [1.165, 1.54) is 0 Å². The van der Waals surface area contributed by atoms with Crippen molar-refractivity contribution in [2.24, 2.45) is 11.8 Å². The number of hydrogen-bond acceptors (Lipinski definition) is 4. The summed E-state index contributed by atoms with van der Waals surface area (Å²) >= 11 is 0. The molecule has 1 saturated carbocycles. The lowest BCUT2D eigenvalue weighted by molar-refractivity contribution is -0.139. The van der Waals surface area contributed by atoms with E-state index in [0.717, 1.165) is 36.2 Å². The van der Waals surface area contributed by atoms with Gasteiger partial charge in [0.1, 0.15) is 0 Å². The lowest BCUT2D eigenvalue weighted by Crippen LogP contribution is -2.40. The molecule has 1 aliphatic rings. The Balaban J connectivity index is 1.76. The molecule has 0 aliphatic heterocycles. The fraction of sp³-hybridized carbons (Fsp3) is 0.407. The van der Waals surface area contributed by atoms with Gasteiger partial charge < -0.3 is 14.4 Å². The van der Waals surface area contributed by atoms with Crippen molar-refractivity contribution in [1.29, 1.82) is 0 Å². The third-order valence-electron chi connectivity index (χ3n) is 6.11. The van der Waals surface area contributed by atoms with E-state index in [4.69, 9.17) is 14.6 Å². The monoisotopic (exact) mass is 447 g/mol. The zero-order valence-electron chi connectivity index (χ0n) is 20.0. The second kappa shape index (κ2) is 10.1. The van der Waals surface area contributed by atoms with Crippen LogP contribution < -0.4 is 9.47 Å². The Hall–Kier alpha value is -3.28. The van der Waals surface area contributed by atoms with Crippen LogP contribution in [0.1, 0.15) is 44.4 Å². The summed E-state index contributed by atoms with van der Waals surface area (Å²) in [7, 11) is 1.63. The van der Waals surface area contributed by atoms with Crippen LogP contribution in [0.15, 0.2) is 54.6 Å². The van der Waals surface area contributed by atoms with Crippen molar-refractivity contribution < 1.29 is 14.3 Å². The summed E-state index contributed by atoms with van der Waals surface area (Å²) in [4.78, 5) is 15.3. The van der Waals surface area contributed by atoms with E-state index in [1.54, 1.807) is 7.11 Å². The van der Waals surface area contributed by atoms with Gasteiger partial charge in [-0.15, -0.1) is 0 Å². The first-order valence-corrected chi connectivity index (χ1v) is 11.7. The van der Waals surface area contributed by atoms with E-state index in [-0.39, 0.29) is 11.8 Å². The Morgan fingerprint density at radius 3 is 2.36 bits per heavy atom. The highest BCUT2D eigenvalue weighted by Gasteiger charge is 2.31. The molecule has 174 valence electrons. The predicted octanol–water partition coefficient (Wildman–Crippen LogP) is 5.77. The average molecular weight is 448 g/mol. The van der Waals surface area contributed by atoms with Crippen LogP contribution in [0, 0.1) is 18.8 Å². The van der Waals surface area contributed by atoms with Crippen molar-refractivity contribution in [3.8, 4) is 23.1 Å². The molecule has 0 radical (unpaired) electrons. The summed E-state index contributed by atoms with van der Waals surface area (Å²) in [6, 6.07) is 17.5. The second-order valence-corrected chi connectivity index (χ2v) is 9.11. The lowest BCUT2D eigenvalue weighted by atomic mass is 9.84. The highest BCUT2D eigenvalue weighted by molar-refractivity contribution is 5.79. The second-order valence-electron chi connectivity index (χ2n) is 9.11. The van der Waals surface area contributed by atoms with Gasteiger partial charge in [-0.3, -0.25) is 4.79 Å². The molecule has 0 unspecified atom stereocenters. The molecule has 0 spiro atoms. The summed E-state index contributed by atoms with van der Waals surface area (Å²) < 4.78 is 13.8. The number of benzene rings is 2. The first kappa shape index (κ1) is 22.9. The smallest absolute Gasteiger partial charge is 0.228 e. The molecule has 4 rings (SSSR count). The minimum Gasteiger partial charge on any atom is -0.493 e. The Kier molecular flexibility index (Phi) is 7.02. The first-order valence-electron chi connectivity index (χ1n) is 11.7. The molecule has 1 amide bonds. The van der Waals surface area contributed by atoms with Crippen molar-refractivity contribution in [3.05, 3.63) is 65.9 Å². The Bertz CT molecular complexity index is 1090. The van der Waals surface area contributed by atoms with E-state index >= 15 is 0 Å². The molecule has 0 saturated heterocycles. The quantitative estimate of drug-likeness (QED) is 0.418. The van der Waals surface area contributed by atoms with Crippen molar-refractivity contribution in [3.63, 3.8) is 0 Å². The molecule has 1 aliphatic carbocycles. The fourth-order valence-electron chi connectivity index (χ4n) is 4.15. The number of carbonyl (C=O) groups is 1. The Morgan fingerprint density at radius 2 is 1.76 bits per heavy atom. The van der Waals surface area contributed by atoms with Gasteiger partial charge in [0.25, 0.3) is 0 Å². The van der Waals surface area contributed by atoms with Crippen LogP contribution in [-0.2, 0) is 11.3 Å². The normalized spacial score (nSPS) is 13.6. The van der Waals surface area contributed by atoms with Crippen LogP contribution in [0.5, 0.6) is 17.4 Å². The van der Waals surface area contributed by atoms with E-state index in [9.17, 15) is 4.79 Å². The van der Waals surface area contributed by atoms with E-state index in [2.05, 4.69) is 13.8 Å². The number of amides is 1. The summed E-state index contributed by atoms with van der Waals surface area (Å²) in [6.45, 7) is 7.45. The first-order chi connectivity index (χ1) is 16.0. The predicted molar refractivity (Wildman–Crippen MR) is 129 cm³/mol. The molecule has 6 heteroatoms. The van der Waals surface area contributed by atoms with Gasteiger partial charge in [-0.1, -0.05) is 50.6 Å². The van der Waals surface area contributed by atoms with Gasteiger partial charge >= 0.3 is 0 Å². The van der Waals surface area contributed by atoms with Crippen LogP contribution in [0.25, 0.3) is 5.69 Å². The number of aryl methyl sites for hydroxylation is 1. The number of nitrogens with zero attached hydrogens (tertiary/aromatic N) is 3. The Morgan fingerprint density at radius 1 is 1.09 bits per heavy atom. The molecular weight excluding hydrogens is 414 g/mol. The molecule has 1 aromatic heterocycles. The number of rotatable bonds is 9. The maximum Gasteiger partial charge on any atom is 0.228 e. The van der Waals surface area contributed by atoms with E-state index < -0.39 is 0 Å². The fourth-order valence-corrected chi connectivity index (χ4v) is 4.15. The zero-order valence-corrected chi connectivity index (χ0v) is 20.0. The van der Waals surface area contributed by atoms with Crippen molar-refractivity contribution in [2.75, 3.05) is 13.7 Å². The topological polar surface area (TPSA) is 56.6 Å². The van der Waals surface area contributed by atoms with Gasteiger partial charge in [0.2, 0.25) is 11.8 Å². The lowest BCUT2D eigenvalue weighted by Gasteiger charge is -2.33. The third kappa shape index (κ3) is 5.05. The van der Waals surface area contributed by atoms with E-state index in [1.807, 2.05) is 71.1 Å². The minimum atomic E-state index is 0.145.